The minimum absolute atomic E-state index is 0.0412. The summed E-state index contributed by atoms with van der Waals surface area (Å²) in [6.07, 6.45) is 2.02. The molecule has 0 aromatic heterocycles. The van der Waals surface area contributed by atoms with Crippen molar-refractivity contribution in [3.05, 3.63) is 0 Å². The average Bonchev–Trinajstić information content (AvgIpc) is 2.01. The summed E-state index contributed by atoms with van der Waals surface area (Å²) in [5, 5.41) is 9.43. The van der Waals surface area contributed by atoms with Crippen molar-refractivity contribution in [3.63, 3.8) is 0 Å². The van der Waals surface area contributed by atoms with Gasteiger partial charge in [-0.15, -0.1) is 0 Å². The van der Waals surface area contributed by atoms with Gasteiger partial charge in [0.2, 0.25) is 5.91 Å². The number of aliphatic hydroxyl groups excluding tert-OH is 1. The predicted octanol–water partition coefficient (Wildman–Crippen LogP) is 1.41. The number of carbonyl (C=O) groups is 1. The van der Waals surface area contributed by atoms with Crippen molar-refractivity contribution in [2.24, 2.45) is 5.41 Å². The van der Waals surface area contributed by atoms with Gasteiger partial charge in [-0.05, 0) is 18.3 Å². The number of hydrogen-bond donors (Lipinski definition) is 1. The van der Waals surface area contributed by atoms with Crippen LogP contribution in [-0.4, -0.2) is 35.1 Å². The zero-order valence-corrected chi connectivity index (χ0v) is 9.42. The summed E-state index contributed by atoms with van der Waals surface area (Å²) >= 11 is 0. The van der Waals surface area contributed by atoms with E-state index in [1.54, 1.807) is 4.90 Å². The molecule has 0 aliphatic carbocycles. The second kappa shape index (κ2) is 4.30. The molecule has 0 bridgehead atoms. The van der Waals surface area contributed by atoms with E-state index in [4.69, 9.17) is 0 Å². The largest absolute Gasteiger partial charge is 0.391 e. The molecule has 1 N–H and O–H groups in total. The molecule has 0 unspecified atom stereocenters. The average molecular weight is 199 g/mol. The van der Waals surface area contributed by atoms with Crippen LogP contribution in [0.15, 0.2) is 0 Å². The lowest BCUT2D eigenvalue weighted by molar-refractivity contribution is -0.136. The smallest absolute Gasteiger partial charge is 0.223 e. The van der Waals surface area contributed by atoms with E-state index in [0.717, 1.165) is 19.4 Å². The number of aliphatic hydroxyl groups is 1. The van der Waals surface area contributed by atoms with Gasteiger partial charge in [0.15, 0.2) is 0 Å². The first-order valence-corrected chi connectivity index (χ1v) is 5.34. The number of amides is 1. The number of piperidine rings is 1. The first kappa shape index (κ1) is 11.5. The maximum atomic E-state index is 11.8. The van der Waals surface area contributed by atoms with Crippen LogP contribution < -0.4 is 0 Å². The highest BCUT2D eigenvalue weighted by atomic mass is 16.3. The molecular formula is C11H21NO2. The molecule has 1 amide bonds. The quantitative estimate of drug-likeness (QED) is 0.693. The van der Waals surface area contributed by atoms with Gasteiger partial charge in [-0.2, -0.15) is 0 Å². The molecular weight excluding hydrogens is 178 g/mol. The molecule has 82 valence electrons. The van der Waals surface area contributed by atoms with Crippen LogP contribution in [0.5, 0.6) is 0 Å². The first-order valence-electron chi connectivity index (χ1n) is 5.34. The predicted molar refractivity (Wildman–Crippen MR) is 55.9 cm³/mol. The van der Waals surface area contributed by atoms with Gasteiger partial charge in [-0.1, -0.05) is 20.8 Å². The van der Waals surface area contributed by atoms with E-state index < -0.39 is 0 Å². The molecule has 3 heteroatoms. The summed E-state index contributed by atoms with van der Waals surface area (Å²) in [5.74, 6) is 0.177. The van der Waals surface area contributed by atoms with Crippen LogP contribution in [0.3, 0.4) is 0 Å². The van der Waals surface area contributed by atoms with Crippen molar-refractivity contribution in [1.29, 1.82) is 0 Å². The van der Waals surface area contributed by atoms with E-state index in [9.17, 15) is 9.90 Å². The number of nitrogens with zero attached hydrogens (tertiary/aromatic N) is 1. The standard InChI is InChI=1S/C11H21NO2/c1-11(2,3)7-10(14)12-6-4-5-9(13)8-12/h9,13H,4-8H2,1-3H3/t9-/m1/s1. The van der Waals surface area contributed by atoms with Gasteiger partial charge in [0.1, 0.15) is 0 Å². The lowest BCUT2D eigenvalue weighted by Gasteiger charge is -2.32. The third-order valence-electron chi connectivity index (χ3n) is 2.43. The second-order valence-corrected chi connectivity index (χ2v) is 5.37. The van der Waals surface area contributed by atoms with Crippen LogP contribution in [0.4, 0.5) is 0 Å². The molecule has 1 fully saturated rings. The van der Waals surface area contributed by atoms with Crippen molar-refractivity contribution in [1.82, 2.24) is 4.90 Å². The Balaban J connectivity index is 2.44. The fourth-order valence-corrected chi connectivity index (χ4v) is 1.75. The molecule has 1 aliphatic heterocycles. The minimum Gasteiger partial charge on any atom is -0.391 e. The minimum atomic E-state index is -0.312. The Morgan fingerprint density at radius 3 is 2.64 bits per heavy atom. The van der Waals surface area contributed by atoms with Gasteiger partial charge >= 0.3 is 0 Å². The third kappa shape index (κ3) is 3.66. The lowest BCUT2D eigenvalue weighted by atomic mass is 9.91. The molecule has 0 radical (unpaired) electrons. The maximum Gasteiger partial charge on any atom is 0.223 e. The number of hydrogen-bond acceptors (Lipinski definition) is 2. The molecule has 14 heavy (non-hydrogen) atoms. The summed E-state index contributed by atoms with van der Waals surface area (Å²) in [6, 6.07) is 0. The summed E-state index contributed by atoms with van der Waals surface area (Å²) in [7, 11) is 0. The molecule has 1 saturated heterocycles. The Bertz CT molecular complexity index is 208. The molecule has 0 saturated carbocycles. The van der Waals surface area contributed by atoms with E-state index in [1.807, 2.05) is 0 Å². The van der Waals surface area contributed by atoms with Crippen LogP contribution in [-0.2, 0) is 4.79 Å². The van der Waals surface area contributed by atoms with Gasteiger partial charge in [0.25, 0.3) is 0 Å². The van der Waals surface area contributed by atoms with E-state index in [2.05, 4.69) is 20.8 Å². The van der Waals surface area contributed by atoms with Gasteiger partial charge in [-0.25, -0.2) is 0 Å². The molecule has 1 atom stereocenters. The van der Waals surface area contributed by atoms with Crippen molar-refractivity contribution < 1.29 is 9.90 Å². The fourth-order valence-electron chi connectivity index (χ4n) is 1.75. The van der Waals surface area contributed by atoms with Crippen LogP contribution in [0.1, 0.15) is 40.0 Å². The molecule has 1 rings (SSSR count). The summed E-state index contributed by atoms with van der Waals surface area (Å²) < 4.78 is 0. The molecule has 0 aromatic rings. The maximum absolute atomic E-state index is 11.8. The monoisotopic (exact) mass is 199 g/mol. The lowest BCUT2D eigenvalue weighted by Crippen LogP contribution is -2.43. The Kier molecular flexibility index (Phi) is 3.53. The first-order chi connectivity index (χ1) is 6.38. The third-order valence-corrected chi connectivity index (χ3v) is 2.43. The molecule has 3 nitrogen and oxygen atoms in total. The summed E-state index contributed by atoms with van der Waals surface area (Å²) in [4.78, 5) is 13.6. The van der Waals surface area contributed by atoms with Crippen LogP contribution in [0, 0.1) is 5.41 Å². The number of likely N-dealkylation sites (tertiary alicyclic amines) is 1. The van der Waals surface area contributed by atoms with Gasteiger partial charge in [0.05, 0.1) is 6.10 Å². The van der Waals surface area contributed by atoms with Gasteiger partial charge in [0, 0.05) is 19.5 Å². The van der Waals surface area contributed by atoms with Crippen LogP contribution in [0.2, 0.25) is 0 Å². The highest BCUT2D eigenvalue weighted by Gasteiger charge is 2.25. The summed E-state index contributed by atoms with van der Waals surface area (Å²) in [5.41, 5.74) is 0.0412. The number of β-amino-alcohol motifs (C(OH)–C–C–N with tert-alkyl or cyclic N) is 1. The zero-order chi connectivity index (χ0) is 10.8. The van der Waals surface area contributed by atoms with Gasteiger partial charge < -0.3 is 10.0 Å². The van der Waals surface area contributed by atoms with Crippen LogP contribution in [0.25, 0.3) is 0 Å². The number of rotatable bonds is 1. The van der Waals surface area contributed by atoms with E-state index in [0.29, 0.717) is 13.0 Å². The normalized spacial score (nSPS) is 23.7. The van der Waals surface area contributed by atoms with E-state index in [1.165, 1.54) is 0 Å². The SMILES string of the molecule is CC(C)(C)CC(=O)N1CCC[C@@H](O)C1. The van der Waals surface area contributed by atoms with Crippen molar-refractivity contribution in [3.8, 4) is 0 Å². The molecule has 1 aliphatic rings. The van der Waals surface area contributed by atoms with Crippen molar-refractivity contribution >= 4 is 5.91 Å². The zero-order valence-electron chi connectivity index (χ0n) is 9.42. The topological polar surface area (TPSA) is 40.5 Å². The van der Waals surface area contributed by atoms with E-state index >= 15 is 0 Å². The molecule has 0 spiro atoms. The Labute approximate surface area is 86.1 Å². The van der Waals surface area contributed by atoms with Gasteiger partial charge in [-0.3, -0.25) is 4.79 Å². The molecule has 0 aromatic carbocycles. The number of carbonyl (C=O) groups excluding carboxylic acids is 1. The van der Waals surface area contributed by atoms with Crippen LogP contribution >= 0.6 is 0 Å². The Morgan fingerprint density at radius 1 is 1.50 bits per heavy atom. The highest BCUT2D eigenvalue weighted by molar-refractivity contribution is 5.76. The van der Waals surface area contributed by atoms with Crippen molar-refractivity contribution in [2.75, 3.05) is 13.1 Å². The fraction of sp³-hybridized carbons (Fsp3) is 0.909. The molecule has 1 heterocycles. The second-order valence-electron chi connectivity index (χ2n) is 5.37. The van der Waals surface area contributed by atoms with E-state index in [-0.39, 0.29) is 17.4 Å². The highest BCUT2D eigenvalue weighted by Crippen LogP contribution is 2.21. The summed E-state index contributed by atoms with van der Waals surface area (Å²) in [6.45, 7) is 7.52. The Morgan fingerprint density at radius 2 is 2.14 bits per heavy atom. The Hall–Kier alpha value is -0.570. The van der Waals surface area contributed by atoms with Crippen molar-refractivity contribution in [2.45, 2.75) is 46.1 Å².